The molecular weight excluding hydrogens is 366 g/mol. The van der Waals surface area contributed by atoms with Crippen molar-refractivity contribution in [2.24, 2.45) is 0 Å². The number of halogens is 1. The molecular formula is C16H14ClN3O4S. The molecule has 0 saturated heterocycles. The first kappa shape index (κ1) is 18.8. The Hall–Kier alpha value is -2.58. The minimum Gasteiger partial charge on any atom is -0.325 e. The average Bonchev–Trinajstić information content (AvgIpc) is 2.55. The molecule has 2 aromatic carbocycles. The van der Waals surface area contributed by atoms with Crippen LogP contribution in [0.4, 0.5) is 17.1 Å². The number of nitrogens with zero attached hydrogens (tertiary/aromatic N) is 1. The Morgan fingerprint density at radius 3 is 2.40 bits per heavy atom. The highest BCUT2D eigenvalue weighted by atomic mass is 35.5. The van der Waals surface area contributed by atoms with Crippen molar-refractivity contribution in [1.82, 2.24) is 0 Å². The number of non-ortho nitro benzene ring substituents is 1. The maximum atomic E-state index is 12.0. The maximum Gasteiger partial charge on any atom is 0.269 e. The standard InChI is InChI=1S/C16H14ClN3O4S/c1-10(21)18-15-7-2-11(8-14(15)17)19-16(22)9-25-13-5-3-12(4-6-13)20(23)24/h2-8H,9H2,1H3,(H,18,21)(H,19,22). The summed E-state index contributed by atoms with van der Waals surface area (Å²) in [6.07, 6.45) is 0. The number of rotatable bonds is 6. The summed E-state index contributed by atoms with van der Waals surface area (Å²) < 4.78 is 0. The van der Waals surface area contributed by atoms with Crippen molar-refractivity contribution < 1.29 is 14.5 Å². The molecule has 2 N–H and O–H groups in total. The van der Waals surface area contributed by atoms with E-state index in [0.717, 1.165) is 4.90 Å². The van der Waals surface area contributed by atoms with Crippen LogP contribution in [0.5, 0.6) is 0 Å². The predicted molar refractivity (Wildman–Crippen MR) is 98.2 cm³/mol. The van der Waals surface area contributed by atoms with Gasteiger partial charge in [-0.1, -0.05) is 11.6 Å². The zero-order valence-corrected chi connectivity index (χ0v) is 14.7. The summed E-state index contributed by atoms with van der Waals surface area (Å²) in [6, 6.07) is 10.7. The first-order valence-corrected chi connectivity index (χ1v) is 8.46. The van der Waals surface area contributed by atoms with Crippen LogP contribution in [0, 0.1) is 10.1 Å². The number of nitro groups is 1. The lowest BCUT2D eigenvalue weighted by molar-refractivity contribution is -0.384. The van der Waals surface area contributed by atoms with Crippen LogP contribution in [0.15, 0.2) is 47.4 Å². The van der Waals surface area contributed by atoms with E-state index >= 15 is 0 Å². The summed E-state index contributed by atoms with van der Waals surface area (Å²) >= 11 is 7.30. The topological polar surface area (TPSA) is 101 Å². The second-order valence-corrected chi connectivity index (χ2v) is 6.42. The fraction of sp³-hybridized carbons (Fsp3) is 0.125. The quantitative estimate of drug-likeness (QED) is 0.449. The van der Waals surface area contributed by atoms with Gasteiger partial charge >= 0.3 is 0 Å². The average molecular weight is 380 g/mol. The molecule has 0 aliphatic heterocycles. The van der Waals surface area contributed by atoms with Crippen LogP contribution in [0.2, 0.25) is 5.02 Å². The summed E-state index contributed by atoms with van der Waals surface area (Å²) in [7, 11) is 0. The van der Waals surface area contributed by atoms with Gasteiger partial charge in [-0.15, -0.1) is 11.8 Å². The van der Waals surface area contributed by atoms with Gasteiger partial charge < -0.3 is 10.6 Å². The van der Waals surface area contributed by atoms with Crippen molar-refractivity contribution in [2.75, 3.05) is 16.4 Å². The Morgan fingerprint density at radius 1 is 1.16 bits per heavy atom. The lowest BCUT2D eigenvalue weighted by Gasteiger charge is -2.09. The number of hydrogen-bond acceptors (Lipinski definition) is 5. The number of anilines is 2. The number of carbonyl (C=O) groups is 2. The van der Waals surface area contributed by atoms with E-state index in [1.54, 1.807) is 30.3 Å². The minimum absolute atomic E-state index is 0.00250. The van der Waals surface area contributed by atoms with Gasteiger partial charge in [0, 0.05) is 29.6 Å². The van der Waals surface area contributed by atoms with Crippen molar-refractivity contribution >= 4 is 52.2 Å². The summed E-state index contributed by atoms with van der Waals surface area (Å²) in [5, 5.41) is 16.2. The molecule has 2 rings (SSSR count). The van der Waals surface area contributed by atoms with Gasteiger partial charge in [-0.25, -0.2) is 0 Å². The minimum atomic E-state index is -0.477. The van der Waals surface area contributed by atoms with E-state index in [9.17, 15) is 19.7 Å². The van der Waals surface area contributed by atoms with Gasteiger partial charge in [0.15, 0.2) is 0 Å². The smallest absolute Gasteiger partial charge is 0.269 e. The zero-order chi connectivity index (χ0) is 18.4. The summed E-state index contributed by atoms with van der Waals surface area (Å²) in [5.41, 5.74) is 0.975. The van der Waals surface area contributed by atoms with E-state index in [0.29, 0.717) is 16.4 Å². The monoisotopic (exact) mass is 379 g/mol. The predicted octanol–water partition coefficient (Wildman–Crippen LogP) is 3.94. The Labute approximate surface area is 152 Å². The Kier molecular flexibility index (Phi) is 6.37. The molecule has 0 aromatic heterocycles. The molecule has 0 spiro atoms. The van der Waals surface area contributed by atoms with Crippen molar-refractivity contribution in [3.63, 3.8) is 0 Å². The molecule has 0 fully saturated rings. The fourth-order valence-electron chi connectivity index (χ4n) is 1.89. The van der Waals surface area contributed by atoms with Gasteiger partial charge in [0.05, 0.1) is 21.4 Å². The largest absolute Gasteiger partial charge is 0.325 e. The second-order valence-electron chi connectivity index (χ2n) is 4.96. The van der Waals surface area contributed by atoms with Crippen LogP contribution in [0.1, 0.15) is 6.92 Å². The molecule has 130 valence electrons. The molecule has 9 heteroatoms. The highest BCUT2D eigenvalue weighted by Crippen LogP contribution is 2.26. The van der Waals surface area contributed by atoms with Crippen LogP contribution < -0.4 is 10.6 Å². The molecule has 0 aliphatic carbocycles. The number of nitro benzene ring substituents is 1. The molecule has 0 saturated carbocycles. The Morgan fingerprint density at radius 2 is 1.84 bits per heavy atom. The van der Waals surface area contributed by atoms with E-state index in [2.05, 4.69) is 10.6 Å². The van der Waals surface area contributed by atoms with E-state index < -0.39 is 4.92 Å². The number of nitrogens with one attached hydrogen (secondary N) is 2. The number of carbonyl (C=O) groups excluding carboxylic acids is 2. The van der Waals surface area contributed by atoms with E-state index in [1.807, 2.05) is 0 Å². The van der Waals surface area contributed by atoms with Gasteiger partial charge in [0.2, 0.25) is 11.8 Å². The first-order valence-electron chi connectivity index (χ1n) is 7.09. The molecule has 0 unspecified atom stereocenters. The molecule has 0 bridgehead atoms. The van der Waals surface area contributed by atoms with Crippen molar-refractivity contribution in [1.29, 1.82) is 0 Å². The number of thioether (sulfide) groups is 1. The van der Waals surface area contributed by atoms with Gasteiger partial charge in [0.25, 0.3) is 5.69 Å². The van der Waals surface area contributed by atoms with E-state index in [-0.39, 0.29) is 23.3 Å². The van der Waals surface area contributed by atoms with E-state index in [4.69, 9.17) is 11.6 Å². The molecule has 25 heavy (non-hydrogen) atoms. The van der Waals surface area contributed by atoms with Crippen LogP contribution in [0.3, 0.4) is 0 Å². The maximum absolute atomic E-state index is 12.0. The molecule has 0 aliphatic rings. The number of amides is 2. The third-order valence-corrected chi connectivity index (χ3v) is 4.31. The van der Waals surface area contributed by atoms with Gasteiger partial charge in [-0.3, -0.25) is 19.7 Å². The zero-order valence-electron chi connectivity index (χ0n) is 13.1. The Balaban J connectivity index is 1.90. The SMILES string of the molecule is CC(=O)Nc1ccc(NC(=O)CSc2ccc([N+](=O)[O-])cc2)cc1Cl. The highest BCUT2D eigenvalue weighted by molar-refractivity contribution is 8.00. The van der Waals surface area contributed by atoms with Gasteiger partial charge in [-0.05, 0) is 30.3 Å². The molecule has 0 heterocycles. The molecule has 2 amide bonds. The molecule has 0 radical (unpaired) electrons. The Bertz CT molecular complexity index is 812. The molecule has 7 nitrogen and oxygen atoms in total. The van der Waals surface area contributed by atoms with Crippen molar-refractivity contribution in [3.8, 4) is 0 Å². The lowest BCUT2D eigenvalue weighted by Crippen LogP contribution is -2.14. The first-order chi connectivity index (χ1) is 11.8. The normalized spacial score (nSPS) is 10.2. The van der Waals surface area contributed by atoms with Gasteiger partial charge in [0.1, 0.15) is 0 Å². The summed E-state index contributed by atoms with van der Waals surface area (Å²) in [4.78, 5) is 33.9. The van der Waals surface area contributed by atoms with Crippen molar-refractivity contribution in [2.45, 2.75) is 11.8 Å². The highest BCUT2D eigenvalue weighted by Gasteiger charge is 2.08. The summed E-state index contributed by atoms with van der Waals surface area (Å²) in [6.45, 7) is 1.38. The summed E-state index contributed by atoms with van der Waals surface area (Å²) in [5.74, 6) is -0.340. The lowest BCUT2D eigenvalue weighted by atomic mass is 10.2. The second kappa shape index (κ2) is 8.50. The number of hydrogen-bond donors (Lipinski definition) is 2. The number of benzene rings is 2. The third kappa shape index (κ3) is 5.77. The fourth-order valence-corrected chi connectivity index (χ4v) is 2.82. The van der Waals surface area contributed by atoms with E-state index in [1.165, 1.54) is 30.8 Å². The van der Waals surface area contributed by atoms with Crippen LogP contribution in [-0.2, 0) is 9.59 Å². The molecule has 0 atom stereocenters. The van der Waals surface area contributed by atoms with Gasteiger partial charge in [-0.2, -0.15) is 0 Å². The van der Waals surface area contributed by atoms with Crippen LogP contribution in [-0.4, -0.2) is 22.5 Å². The van der Waals surface area contributed by atoms with Crippen LogP contribution >= 0.6 is 23.4 Å². The van der Waals surface area contributed by atoms with Crippen molar-refractivity contribution in [3.05, 3.63) is 57.6 Å². The third-order valence-electron chi connectivity index (χ3n) is 2.98. The molecule has 2 aromatic rings. The van der Waals surface area contributed by atoms with Crippen LogP contribution in [0.25, 0.3) is 0 Å².